The Bertz CT molecular complexity index is 1280. The standard InChI is InChI=1S/C28H30N4O3/c29-17-25-24-11-10-23(35-22-12-14-34-15-13-22)16-26(24)32(21-8-9-21)27(25)18-4-6-20(7-5-18)31-28(33)30-19-2-1-3-19/h4-7,10-11,16,19,21-22H,1-3,8-9,12-15H2,(H2,30,31,33). The average molecular weight is 471 g/mol. The van der Waals surface area contributed by atoms with Crippen LogP contribution in [0.15, 0.2) is 42.5 Å². The lowest BCUT2D eigenvalue weighted by atomic mass is 9.93. The van der Waals surface area contributed by atoms with Gasteiger partial charge in [0.1, 0.15) is 17.9 Å². The fourth-order valence-corrected chi connectivity index (χ4v) is 5.08. The molecule has 3 fully saturated rings. The summed E-state index contributed by atoms with van der Waals surface area (Å²) in [6.07, 6.45) is 7.46. The van der Waals surface area contributed by atoms with Gasteiger partial charge in [-0.3, -0.25) is 0 Å². The molecule has 2 amide bonds. The molecule has 7 heteroatoms. The number of benzene rings is 2. The first-order valence-corrected chi connectivity index (χ1v) is 12.7. The quantitative estimate of drug-likeness (QED) is 0.480. The van der Waals surface area contributed by atoms with E-state index in [0.29, 0.717) is 17.6 Å². The van der Waals surface area contributed by atoms with Crippen molar-refractivity contribution in [3.63, 3.8) is 0 Å². The van der Waals surface area contributed by atoms with Crippen LogP contribution >= 0.6 is 0 Å². The molecule has 0 spiro atoms. The van der Waals surface area contributed by atoms with Gasteiger partial charge in [-0.1, -0.05) is 12.1 Å². The van der Waals surface area contributed by atoms with Crippen LogP contribution in [0, 0.1) is 11.3 Å². The highest BCUT2D eigenvalue weighted by atomic mass is 16.5. The van der Waals surface area contributed by atoms with Gasteiger partial charge < -0.3 is 24.7 Å². The van der Waals surface area contributed by atoms with Crippen molar-refractivity contribution in [3.05, 3.63) is 48.0 Å². The molecular weight excluding hydrogens is 440 g/mol. The van der Waals surface area contributed by atoms with Gasteiger partial charge in [-0.15, -0.1) is 0 Å². The summed E-state index contributed by atoms with van der Waals surface area (Å²) in [5.74, 6) is 0.844. The number of carbonyl (C=O) groups excluding carboxylic acids is 1. The zero-order chi connectivity index (χ0) is 23.8. The molecule has 1 saturated heterocycles. The second kappa shape index (κ2) is 9.27. The SMILES string of the molecule is N#Cc1c(-c2ccc(NC(=O)NC3CCC3)cc2)n(C2CC2)c2cc(OC3CCOCC3)ccc12. The van der Waals surface area contributed by atoms with Crippen LogP contribution in [0.4, 0.5) is 10.5 Å². The molecule has 35 heavy (non-hydrogen) atoms. The van der Waals surface area contributed by atoms with E-state index < -0.39 is 0 Å². The number of carbonyl (C=O) groups is 1. The molecule has 3 aromatic rings. The van der Waals surface area contributed by atoms with Crippen LogP contribution in [0.2, 0.25) is 0 Å². The molecular formula is C28H30N4O3. The Morgan fingerprint density at radius 2 is 1.80 bits per heavy atom. The van der Waals surface area contributed by atoms with Gasteiger partial charge in [-0.2, -0.15) is 5.26 Å². The van der Waals surface area contributed by atoms with E-state index in [2.05, 4.69) is 27.3 Å². The molecule has 180 valence electrons. The molecule has 1 aliphatic heterocycles. The maximum Gasteiger partial charge on any atom is 0.319 e. The van der Waals surface area contributed by atoms with E-state index in [1.54, 1.807) is 0 Å². The third-order valence-electron chi connectivity index (χ3n) is 7.33. The highest BCUT2D eigenvalue weighted by molar-refractivity contribution is 5.96. The molecule has 1 aromatic heterocycles. The first-order chi connectivity index (χ1) is 17.2. The number of urea groups is 1. The van der Waals surface area contributed by atoms with Crippen LogP contribution < -0.4 is 15.4 Å². The molecule has 2 aliphatic carbocycles. The molecule has 0 bridgehead atoms. The van der Waals surface area contributed by atoms with Crippen molar-refractivity contribution in [2.24, 2.45) is 0 Å². The second-order valence-corrected chi connectivity index (χ2v) is 9.85. The van der Waals surface area contributed by atoms with E-state index >= 15 is 0 Å². The Hall–Kier alpha value is -3.50. The Morgan fingerprint density at radius 1 is 1.03 bits per heavy atom. The molecule has 2 aromatic carbocycles. The summed E-state index contributed by atoms with van der Waals surface area (Å²) < 4.78 is 14.0. The lowest BCUT2D eigenvalue weighted by molar-refractivity contribution is 0.0256. The van der Waals surface area contributed by atoms with Crippen molar-refractivity contribution in [2.45, 2.75) is 63.1 Å². The highest BCUT2D eigenvalue weighted by Crippen LogP contribution is 2.45. The van der Waals surface area contributed by atoms with Crippen molar-refractivity contribution < 1.29 is 14.3 Å². The van der Waals surface area contributed by atoms with Gasteiger partial charge in [0.15, 0.2) is 0 Å². The van der Waals surface area contributed by atoms with Gasteiger partial charge >= 0.3 is 6.03 Å². The Balaban J connectivity index is 1.31. The Morgan fingerprint density at radius 3 is 2.46 bits per heavy atom. The van der Waals surface area contributed by atoms with Crippen molar-refractivity contribution in [1.82, 2.24) is 9.88 Å². The van der Waals surface area contributed by atoms with E-state index in [4.69, 9.17) is 9.47 Å². The van der Waals surface area contributed by atoms with E-state index in [9.17, 15) is 10.1 Å². The Kier molecular flexibility index (Phi) is 5.83. The summed E-state index contributed by atoms with van der Waals surface area (Å²) in [5.41, 5.74) is 4.39. The molecule has 0 atom stereocenters. The molecule has 0 unspecified atom stereocenters. The minimum atomic E-state index is -0.163. The van der Waals surface area contributed by atoms with E-state index in [0.717, 1.165) is 85.3 Å². The summed E-state index contributed by atoms with van der Waals surface area (Å²) in [4.78, 5) is 12.2. The molecule has 7 nitrogen and oxygen atoms in total. The van der Waals surface area contributed by atoms with E-state index in [1.165, 1.54) is 6.42 Å². The number of ether oxygens (including phenoxy) is 2. The minimum absolute atomic E-state index is 0.163. The van der Waals surface area contributed by atoms with Crippen molar-refractivity contribution in [1.29, 1.82) is 5.26 Å². The first-order valence-electron chi connectivity index (χ1n) is 12.7. The van der Waals surface area contributed by atoms with Gasteiger partial charge in [0.2, 0.25) is 0 Å². The van der Waals surface area contributed by atoms with Crippen LogP contribution in [-0.4, -0.2) is 36.0 Å². The third-order valence-corrected chi connectivity index (χ3v) is 7.33. The van der Waals surface area contributed by atoms with Gasteiger partial charge in [0.05, 0.1) is 30.0 Å². The normalized spacial score (nSPS) is 18.6. The predicted molar refractivity (Wildman–Crippen MR) is 135 cm³/mol. The number of amides is 2. The molecule has 6 rings (SSSR count). The fraction of sp³-hybridized carbons (Fsp3) is 0.429. The summed E-state index contributed by atoms with van der Waals surface area (Å²) in [6.45, 7) is 1.47. The van der Waals surface area contributed by atoms with Crippen LogP contribution in [0.1, 0.15) is 56.6 Å². The molecule has 0 radical (unpaired) electrons. The van der Waals surface area contributed by atoms with Gasteiger partial charge in [-0.05, 0) is 61.9 Å². The van der Waals surface area contributed by atoms with Crippen LogP contribution in [0.25, 0.3) is 22.2 Å². The fourth-order valence-electron chi connectivity index (χ4n) is 5.08. The smallest absolute Gasteiger partial charge is 0.319 e. The number of hydrogen-bond acceptors (Lipinski definition) is 4. The van der Waals surface area contributed by atoms with Crippen molar-refractivity contribution >= 4 is 22.6 Å². The Labute approximate surface area is 205 Å². The number of nitrogens with zero attached hydrogens (tertiary/aromatic N) is 2. The number of nitrogens with one attached hydrogen (secondary N) is 2. The van der Waals surface area contributed by atoms with Crippen molar-refractivity contribution in [3.8, 4) is 23.1 Å². The van der Waals surface area contributed by atoms with Crippen LogP contribution in [0.5, 0.6) is 5.75 Å². The number of hydrogen-bond donors (Lipinski definition) is 2. The first kappa shape index (κ1) is 22.0. The maximum absolute atomic E-state index is 12.2. The molecule has 2 saturated carbocycles. The summed E-state index contributed by atoms with van der Waals surface area (Å²) in [5, 5.41) is 17.0. The molecule has 2 heterocycles. The van der Waals surface area contributed by atoms with Crippen LogP contribution in [-0.2, 0) is 4.74 Å². The number of fused-ring (bicyclic) bond motifs is 1. The van der Waals surface area contributed by atoms with E-state index in [-0.39, 0.29) is 12.1 Å². The summed E-state index contributed by atoms with van der Waals surface area (Å²) in [7, 11) is 0. The maximum atomic E-state index is 12.2. The zero-order valence-electron chi connectivity index (χ0n) is 19.8. The second-order valence-electron chi connectivity index (χ2n) is 9.85. The average Bonchev–Trinajstić information content (AvgIpc) is 3.64. The zero-order valence-corrected chi connectivity index (χ0v) is 19.8. The summed E-state index contributed by atoms with van der Waals surface area (Å²) >= 11 is 0. The molecule has 3 aliphatic rings. The summed E-state index contributed by atoms with van der Waals surface area (Å²) in [6, 6.07) is 16.9. The van der Waals surface area contributed by atoms with Crippen LogP contribution in [0.3, 0.4) is 0 Å². The third kappa shape index (κ3) is 4.46. The van der Waals surface area contributed by atoms with E-state index in [1.807, 2.05) is 36.4 Å². The topological polar surface area (TPSA) is 88.3 Å². The van der Waals surface area contributed by atoms with Crippen molar-refractivity contribution in [2.75, 3.05) is 18.5 Å². The number of aromatic nitrogens is 1. The minimum Gasteiger partial charge on any atom is -0.490 e. The highest BCUT2D eigenvalue weighted by Gasteiger charge is 2.31. The number of rotatable bonds is 6. The van der Waals surface area contributed by atoms with Gasteiger partial charge in [-0.25, -0.2) is 4.79 Å². The lowest BCUT2D eigenvalue weighted by Gasteiger charge is -2.26. The number of anilines is 1. The molecule has 2 N–H and O–H groups in total. The number of nitriles is 1. The lowest BCUT2D eigenvalue weighted by Crippen LogP contribution is -2.41. The largest absolute Gasteiger partial charge is 0.490 e. The van der Waals surface area contributed by atoms with Gasteiger partial charge in [0.25, 0.3) is 0 Å². The van der Waals surface area contributed by atoms with Gasteiger partial charge in [0, 0.05) is 42.1 Å². The monoisotopic (exact) mass is 470 g/mol. The predicted octanol–water partition coefficient (Wildman–Crippen LogP) is 5.75.